The highest BCUT2D eigenvalue weighted by molar-refractivity contribution is 7.18. The molecule has 8 heteroatoms. The van der Waals surface area contributed by atoms with Crippen LogP contribution in [0.4, 0.5) is 0 Å². The number of nitrogens with zero attached hydrogens (tertiary/aromatic N) is 1. The van der Waals surface area contributed by atoms with Gasteiger partial charge in [0.1, 0.15) is 6.04 Å². The number of thiazole rings is 1. The van der Waals surface area contributed by atoms with Crippen LogP contribution in [0.5, 0.6) is 0 Å². The van der Waals surface area contributed by atoms with Crippen molar-refractivity contribution < 1.29 is 14.4 Å². The van der Waals surface area contributed by atoms with Gasteiger partial charge in [-0.15, -0.1) is 11.3 Å². The minimum absolute atomic E-state index is 0.143. The molecular formula is C28H40N4O3S. The summed E-state index contributed by atoms with van der Waals surface area (Å²) < 4.78 is 1.09. The van der Waals surface area contributed by atoms with Crippen molar-refractivity contribution >= 4 is 39.3 Å². The maximum Gasteiger partial charge on any atom is 0.243 e. The van der Waals surface area contributed by atoms with Gasteiger partial charge >= 0.3 is 0 Å². The van der Waals surface area contributed by atoms with Crippen molar-refractivity contribution in [3.05, 3.63) is 41.4 Å². The fourth-order valence-corrected chi connectivity index (χ4v) is 5.81. The highest BCUT2D eigenvalue weighted by Crippen LogP contribution is 2.28. The molecule has 1 fully saturated rings. The van der Waals surface area contributed by atoms with Crippen molar-refractivity contribution in [3.63, 3.8) is 0 Å². The van der Waals surface area contributed by atoms with E-state index in [2.05, 4.69) is 48.5 Å². The van der Waals surface area contributed by atoms with E-state index >= 15 is 0 Å². The maximum atomic E-state index is 13.5. The third-order valence-corrected chi connectivity index (χ3v) is 7.90. The number of nitrogens with one attached hydrogen (secondary N) is 3. The highest BCUT2D eigenvalue weighted by atomic mass is 32.1. The Morgan fingerprint density at radius 2 is 1.92 bits per heavy atom. The van der Waals surface area contributed by atoms with Gasteiger partial charge in [-0.1, -0.05) is 52.7 Å². The van der Waals surface area contributed by atoms with E-state index in [1.54, 1.807) is 11.3 Å². The summed E-state index contributed by atoms with van der Waals surface area (Å²) in [4.78, 5) is 42.6. The molecule has 3 rings (SSSR count). The molecule has 0 aliphatic heterocycles. The first-order valence-corrected chi connectivity index (χ1v) is 14.0. The summed E-state index contributed by atoms with van der Waals surface area (Å²) in [6.45, 7) is 10.1. The Bertz CT molecular complexity index is 1060. The van der Waals surface area contributed by atoms with Crippen LogP contribution < -0.4 is 16.0 Å². The summed E-state index contributed by atoms with van der Waals surface area (Å²) in [6, 6.07) is 5.35. The molecule has 1 aromatic heterocycles. The van der Waals surface area contributed by atoms with Crippen molar-refractivity contribution in [3.8, 4) is 0 Å². The molecule has 1 aliphatic rings. The number of carbonyl (C=O) groups is 3. The summed E-state index contributed by atoms with van der Waals surface area (Å²) in [6.07, 6.45) is 8.10. The highest BCUT2D eigenvalue weighted by Gasteiger charge is 2.29. The Hall–Kier alpha value is -2.74. The van der Waals surface area contributed by atoms with Gasteiger partial charge < -0.3 is 16.0 Å². The Labute approximate surface area is 218 Å². The summed E-state index contributed by atoms with van der Waals surface area (Å²) in [5.41, 5.74) is 2.16. The van der Waals surface area contributed by atoms with Crippen LogP contribution in [-0.4, -0.2) is 41.3 Å². The minimum Gasteiger partial charge on any atom is -0.351 e. The molecule has 2 atom stereocenters. The lowest BCUT2D eigenvalue weighted by Gasteiger charge is -2.32. The molecule has 3 amide bonds. The van der Waals surface area contributed by atoms with E-state index in [9.17, 15) is 14.4 Å². The van der Waals surface area contributed by atoms with E-state index in [1.165, 1.54) is 18.1 Å². The Kier molecular flexibility index (Phi) is 10.5. The van der Waals surface area contributed by atoms with E-state index in [0.717, 1.165) is 40.9 Å². The molecule has 0 radical (unpaired) electrons. The lowest BCUT2D eigenvalue weighted by molar-refractivity contribution is -0.129. The van der Waals surface area contributed by atoms with E-state index < -0.39 is 6.04 Å². The third-order valence-electron chi connectivity index (χ3n) is 6.86. The number of hydrogen-bond acceptors (Lipinski definition) is 5. The van der Waals surface area contributed by atoms with Crippen molar-refractivity contribution in [2.24, 2.45) is 5.92 Å². The molecule has 2 aromatic rings. The molecule has 1 heterocycles. The first-order chi connectivity index (χ1) is 17.3. The van der Waals surface area contributed by atoms with Gasteiger partial charge in [0.25, 0.3) is 0 Å². The van der Waals surface area contributed by atoms with Crippen molar-refractivity contribution in [2.75, 3.05) is 6.54 Å². The van der Waals surface area contributed by atoms with Crippen LogP contribution in [0.3, 0.4) is 0 Å². The zero-order valence-electron chi connectivity index (χ0n) is 21.8. The average molecular weight is 513 g/mol. The van der Waals surface area contributed by atoms with E-state index in [0.29, 0.717) is 31.7 Å². The van der Waals surface area contributed by atoms with Gasteiger partial charge in [-0.25, -0.2) is 4.98 Å². The molecule has 0 saturated heterocycles. The summed E-state index contributed by atoms with van der Waals surface area (Å²) in [5.74, 6) is 0.0787. The molecule has 0 bridgehead atoms. The number of fused-ring (bicyclic) bond motifs is 1. The molecule has 196 valence electrons. The largest absolute Gasteiger partial charge is 0.351 e. The lowest BCUT2D eigenvalue weighted by Crippen LogP contribution is -2.55. The maximum absolute atomic E-state index is 13.5. The molecule has 36 heavy (non-hydrogen) atoms. The molecule has 1 aliphatic carbocycles. The normalized spacial score (nSPS) is 15.9. The number of amides is 3. The summed E-state index contributed by atoms with van der Waals surface area (Å²) in [7, 11) is 0. The zero-order valence-corrected chi connectivity index (χ0v) is 22.6. The predicted molar refractivity (Wildman–Crippen MR) is 146 cm³/mol. The summed E-state index contributed by atoms with van der Waals surface area (Å²) >= 11 is 1.57. The first kappa shape index (κ1) is 27.8. The molecule has 7 nitrogen and oxygen atoms in total. The lowest BCUT2D eigenvalue weighted by atomic mass is 9.83. The van der Waals surface area contributed by atoms with E-state index in [1.807, 2.05) is 13.0 Å². The van der Waals surface area contributed by atoms with Crippen molar-refractivity contribution in [1.82, 2.24) is 20.9 Å². The van der Waals surface area contributed by atoms with Gasteiger partial charge in [-0.2, -0.15) is 0 Å². The standard InChI is InChI=1S/C28H40N4O3S/c1-5-10-26(34)30-22(16-27-31-21-14-13-20(18(3)4)15-24(21)36-27)28(35)32-23(17-29-25(33)6-2)19-11-8-7-9-12-19/h6,13-15,18-19,22-23H,2,5,7-12,16-17H2,1,3-4H3,(H,29,33)(H,30,34)(H,32,35)/t22-,23+/m0/s1. The SMILES string of the molecule is C=CC(=O)NC[C@@H](NC(=O)[C@H](Cc1nc2ccc(C(C)C)cc2s1)NC(=O)CCC)C1CCCCC1. The van der Waals surface area contributed by atoms with E-state index in [-0.39, 0.29) is 29.7 Å². The monoisotopic (exact) mass is 512 g/mol. The molecule has 3 N–H and O–H groups in total. The van der Waals surface area contributed by atoms with Gasteiger partial charge in [0, 0.05) is 25.4 Å². The van der Waals surface area contributed by atoms with Crippen LogP contribution in [-0.2, 0) is 20.8 Å². The quantitative estimate of drug-likeness (QED) is 0.362. The van der Waals surface area contributed by atoms with Crippen LogP contribution >= 0.6 is 11.3 Å². The second kappa shape index (κ2) is 13.5. The number of rotatable bonds is 12. The van der Waals surface area contributed by atoms with Crippen LogP contribution in [0.25, 0.3) is 10.2 Å². The fraction of sp³-hybridized carbons (Fsp3) is 0.571. The minimum atomic E-state index is -0.727. The van der Waals surface area contributed by atoms with E-state index in [4.69, 9.17) is 4.98 Å². The van der Waals surface area contributed by atoms with Gasteiger partial charge in [0.15, 0.2) is 0 Å². The molecule has 1 saturated carbocycles. The fourth-order valence-electron chi connectivity index (χ4n) is 4.75. The number of aromatic nitrogens is 1. The Morgan fingerprint density at radius 1 is 1.17 bits per heavy atom. The molecule has 0 unspecified atom stereocenters. The topological polar surface area (TPSA) is 100 Å². The first-order valence-electron chi connectivity index (χ1n) is 13.2. The van der Waals surface area contributed by atoms with Crippen LogP contribution in [0.2, 0.25) is 0 Å². The van der Waals surface area contributed by atoms with Crippen LogP contribution in [0, 0.1) is 5.92 Å². The molecule has 0 spiro atoms. The van der Waals surface area contributed by atoms with Crippen LogP contribution in [0.15, 0.2) is 30.9 Å². The third kappa shape index (κ3) is 7.88. The molecule has 1 aromatic carbocycles. The van der Waals surface area contributed by atoms with Crippen molar-refractivity contribution in [1.29, 1.82) is 0 Å². The average Bonchev–Trinajstić information content (AvgIpc) is 3.28. The van der Waals surface area contributed by atoms with Gasteiger partial charge in [-0.05, 0) is 54.9 Å². The van der Waals surface area contributed by atoms with Gasteiger partial charge in [-0.3, -0.25) is 14.4 Å². The predicted octanol–water partition coefficient (Wildman–Crippen LogP) is 4.61. The van der Waals surface area contributed by atoms with Crippen LogP contribution in [0.1, 0.15) is 82.2 Å². The number of carbonyl (C=O) groups excluding carboxylic acids is 3. The van der Waals surface area contributed by atoms with Gasteiger partial charge in [0.05, 0.1) is 15.2 Å². The Morgan fingerprint density at radius 3 is 2.58 bits per heavy atom. The van der Waals surface area contributed by atoms with Crippen molar-refractivity contribution in [2.45, 2.75) is 90.1 Å². The molecular weight excluding hydrogens is 472 g/mol. The second-order valence-electron chi connectivity index (χ2n) is 10.0. The smallest absolute Gasteiger partial charge is 0.243 e. The summed E-state index contributed by atoms with van der Waals surface area (Å²) in [5, 5.41) is 9.77. The number of benzene rings is 1. The Balaban J connectivity index is 1.79. The van der Waals surface area contributed by atoms with Gasteiger partial charge in [0.2, 0.25) is 17.7 Å². The zero-order chi connectivity index (χ0) is 26.1. The number of hydrogen-bond donors (Lipinski definition) is 3. The second-order valence-corrected chi connectivity index (χ2v) is 11.1.